The van der Waals surface area contributed by atoms with Gasteiger partial charge in [-0.2, -0.15) is 5.10 Å². The van der Waals surface area contributed by atoms with Gasteiger partial charge >= 0.3 is 0 Å². The molecule has 1 amide bonds. The fraction of sp³-hybridized carbons (Fsp3) is 0.733. The van der Waals surface area contributed by atoms with Crippen LogP contribution in [0.1, 0.15) is 48.4 Å². The summed E-state index contributed by atoms with van der Waals surface area (Å²) in [6, 6.07) is 0.207. The van der Waals surface area contributed by atoms with Crippen LogP contribution >= 0.6 is 0 Å². The molecule has 1 aliphatic rings. The van der Waals surface area contributed by atoms with E-state index in [1.807, 2.05) is 18.7 Å². The highest BCUT2D eigenvalue weighted by Gasteiger charge is 2.26. The minimum absolute atomic E-state index is 0.106. The molecule has 1 saturated heterocycles. The monoisotopic (exact) mass is 278 g/mol. The van der Waals surface area contributed by atoms with E-state index in [1.54, 1.807) is 0 Å². The van der Waals surface area contributed by atoms with Crippen LogP contribution in [0.5, 0.6) is 0 Å². The fourth-order valence-electron chi connectivity index (χ4n) is 2.90. The molecule has 0 aliphatic carbocycles. The molecule has 1 aliphatic heterocycles. The fourth-order valence-corrected chi connectivity index (χ4v) is 2.90. The van der Waals surface area contributed by atoms with E-state index in [2.05, 4.69) is 29.4 Å². The Morgan fingerprint density at radius 2 is 2.20 bits per heavy atom. The van der Waals surface area contributed by atoms with Gasteiger partial charge in [-0.05, 0) is 59.5 Å². The van der Waals surface area contributed by atoms with Crippen molar-refractivity contribution in [3.05, 3.63) is 17.0 Å². The van der Waals surface area contributed by atoms with Crippen molar-refractivity contribution in [2.45, 2.75) is 46.6 Å². The highest BCUT2D eigenvalue weighted by atomic mass is 16.2. The van der Waals surface area contributed by atoms with Crippen LogP contribution < -0.4 is 5.32 Å². The summed E-state index contributed by atoms with van der Waals surface area (Å²) in [7, 11) is 0. The molecule has 0 bridgehead atoms. The van der Waals surface area contributed by atoms with Gasteiger partial charge in [-0.15, -0.1) is 0 Å². The van der Waals surface area contributed by atoms with Gasteiger partial charge in [0.05, 0.1) is 11.3 Å². The van der Waals surface area contributed by atoms with Gasteiger partial charge in [0.15, 0.2) is 0 Å². The summed E-state index contributed by atoms with van der Waals surface area (Å²) in [5, 5.41) is 10.5. The topological polar surface area (TPSA) is 61.0 Å². The van der Waals surface area contributed by atoms with Crippen LogP contribution in [-0.2, 0) is 0 Å². The van der Waals surface area contributed by atoms with Gasteiger partial charge in [-0.25, -0.2) is 0 Å². The molecule has 1 unspecified atom stereocenters. The Kier molecular flexibility index (Phi) is 4.81. The van der Waals surface area contributed by atoms with Crippen LogP contribution in [0.2, 0.25) is 0 Å². The largest absolute Gasteiger partial charge is 0.336 e. The highest BCUT2D eigenvalue weighted by Crippen LogP contribution is 2.19. The van der Waals surface area contributed by atoms with E-state index in [9.17, 15) is 4.79 Å². The number of nitrogens with zero attached hydrogens (tertiary/aromatic N) is 2. The number of hydrogen-bond donors (Lipinski definition) is 2. The number of piperidine rings is 1. The minimum Gasteiger partial charge on any atom is -0.336 e. The summed E-state index contributed by atoms with van der Waals surface area (Å²) in [6.45, 7) is 10.9. The molecule has 1 fully saturated rings. The lowest BCUT2D eigenvalue weighted by Gasteiger charge is -2.33. The number of nitrogens with one attached hydrogen (secondary N) is 2. The first-order valence-electron chi connectivity index (χ1n) is 7.54. The van der Waals surface area contributed by atoms with Crippen molar-refractivity contribution in [1.29, 1.82) is 0 Å². The SMILES string of the molecule is Cc1n[nH]c(C)c1C(=O)N(CC1CCCNC1)C(C)C. The molecular weight excluding hydrogens is 252 g/mol. The molecule has 1 atom stereocenters. The molecule has 5 heteroatoms. The Morgan fingerprint density at radius 1 is 1.45 bits per heavy atom. The van der Waals surface area contributed by atoms with E-state index in [0.717, 1.165) is 36.6 Å². The molecule has 5 nitrogen and oxygen atoms in total. The van der Waals surface area contributed by atoms with Crippen LogP contribution in [0.25, 0.3) is 0 Å². The standard InChI is InChI=1S/C15H26N4O/c1-10(2)19(9-13-6-5-7-16-8-13)15(20)14-11(3)17-18-12(14)4/h10,13,16H,5-9H2,1-4H3,(H,17,18). The lowest BCUT2D eigenvalue weighted by molar-refractivity contribution is 0.0659. The normalized spacial score (nSPS) is 19.4. The smallest absolute Gasteiger partial charge is 0.257 e. The number of aryl methyl sites for hydroxylation is 2. The maximum Gasteiger partial charge on any atom is 0.257 e. The summed E-state index contributed by atoms with van der Waals surface area (Å²) in [6.07, 6.45) is 2.40. The number of H-pyrrole nitrogens is 1. The maximum absolute atomic E-state index is 12.8. The Labute approximate surface area is 121 Å². The predicted molar refractivity (Wildman–Crippen MR) is 79.8 cm³/mol. The quantitative estimate of drug-likeness (QED) is 0.884. The Bertz CT molecular complexity index is 441. The van der Waals surface area contributed by atoms with Crippen molar-refractivity contribution in [2.24, 2.45) is 5.92 Å². The predicted octanol–water partition coefficient (Wildman–Crippen LogP) is 1.88. The third kappa shape index (κ3) is 3.20. The molecule has 2 heterocycles. The molecule has 1 aromatic heterocycles. The Morgan fingerprint density at radius 3 is 2.70 bits per heavy atom. The summed E-state index contributed by atoms with van der Waals surface area (Å²) in [5.41, 5.74) is 2.39. The summed E-state index contributed by atoms with van der Waals surface area (Å²) < 4.78 is 0. The average Bonchev–Trinajstić information content (AvgIpc) is 2.76. The van der Waals surface area contributed by atoms with E-state index in [0.29, 0.717) is 5.92 Å². The third-order valence-corrected chi connectivity index (χ3v) is 4.08. The number of aromatic amines is 1. The molecule has 20 heavy (non-hydrogen) atoms. The Hall–Kier alpha value is -1.36. The number of carbonyl (C=O) groups is 1. The summed E-state index contributed by atoms with van der Waals surface area (Å²) in [5.74, 6) is 0.664. The second-order valence-corrected chi connectivity index (χ2v) is 6.07. The molecule has 0 spiro atoms. The number of rotatable bonds is 4. The van der Waals surface area contributed by atoms with Gasteiger partial charge < -0.3 is 10.2 Å². The van der Waals surface area contributed by atoms with Crippen molar-refractivity contribution >= 4 is 5.91 Å². The molecule has 2 rings (SSSR count). The second kappa shape index (κ2) is 6.39. The molecule has 2 N–H and O–H groups in total. The first-order chi connectivity index (χ1) is 9.50. The maximum atomic E-state index is 12.8. The molecule has 1 aromatic rings. The number of amides is 1. The molecule has 0 saturated carbocycles. The second-order valence-electron chi connectivity index (χ2n) is 6.07. The van der Waals surface area contributed by atoms with E-state index >= 15 is 0 Å². The van der Waals surface area contributed by atoms with Gasteiger partial charge in [0.25, 0.3) is 5.91 Å². The lowest BCUT2D eigenvalue weighted by Crippen LogP contribution is -2.44. The van der Waals surface area contributed by atoms with Crippen LogP contribution in [0.3, 0.4) is 0 Å². The van der Waals surface area contributed by atoms with Crippen molar-refractivity contribution in [2.75, 3.05) is 19.6 Å². The van der Waals surface area contributed by atoms with Crippen LogP contribution in [0.4, 0.5) is 0 Å². The van der Waals surface area contributed by atoms with Gasteiger partial charge in [0.2, 0.25) is 0 Å². The summed E-state index contributed by atoms with van der Waals surface area (Å²) >= 11 is 0. The Balaban J connectivity index is 2.13. The zero-order valence-electron chi connectivity index (χ0n) is 13.0. The van der Waals surface area contributed by atoms with E-state index < -0.39 is 0 Å². The lowest BCUT2D eigenvalue weighted by atomic mass is 9.98. The average molecular weight is 278 g/mol. The number of hydrogen-bond acceptors (Lipinski definition) is 3. The van der Waals surface area contributed by atoms with Gasteiger partial charge in [-0.1, -0.05) is 0 Å². The van der Waals surface area contributed by atoms with Gasteiger partial charge in [0.1, 0.15) is 0 Å². The molecule has 0 aromatic carbocycles. The van der Waals surface area contributed by atoms with Crippen molar-refractivity contribution in [3.8, 4) is 0 Å². The van der Waals surface area contributed by atoms with Crippen LogP contribution in [0.15, 0.2) is 0 Å². The molecule has 112 valence electrons. The van der Waals surface area contributed by atoms with Gasteiger partial charge in [-0.3, -0.25) is 9.89 Å². The molecular formula is C15H26N4O. The summed E-state index contributed by atoms with van der Waals surface area (Å²) in [4.78, 5) is 14.8. The highest BCUT2D eigenvalue weighted by molar-refractivity contribution is 5.96. The van der Waals surface area contributed by atoms with Crippen molar-refractivity contribution < 1.29 is 4.79 Å². The zero-order valence-corrected chi connectivity index (χ0v) is 13.0. The first kappa shape index (κ1) is 15.0. The third-order valence-electron chi connectivity index (χ3n) is 4.08. The first-order valence-corrected chi connectivity index (χ1v) is 7.54. The number of aromatic nitrogens is 2. The van der Waals surface area contributed by atoms with Gasteiger partial charge in [0, 0.05) is 18.3 Å². The minimum atomic E-state index is 0.106. The van der Waals surface area contributed by atoms with E-state index in [1.165, 1.54) is 12.8 Å². The number of carbonyl (C=O) groups excluding carboxylic acids is 1. The van der Waals surface area contributed by atoms with Crippen molar-refractivity contribution in [3.63, 3.8) is 0 Å². The van der Waals surface area contributed by atoms with Crippen LogP contribution in [0, 0.1) is 19.8 Å². The molecule has 0 radical (unpaired) electrons. The van der Waals surface area contributed by atoms with E-state index in [-0.39, 0.29) is 11.9 Å². The van der Waals surface area contributed by atoms with Crippen molar-refractivity contribution in [1.82, 2.24) is 20.4 Å². The zero-order chi connectivity index (χ0) is 14.7. The van der Waals surface area contributed by atoms with E-state index in [4.69, 9.17) is 0 Å². The van der Waals surface area contributed by atoms with Crippen LogP contribution in [-0.4, -0.2) is 46.7 Å².